The van der Waals surface area contributed by atoms with Gasteiger partial charge < -0.3 is 4.84 Å². The molecular formula is C10H18NO2. The minimum atomic E-state index is -0.187. The molecule has 1 fully saturated rings. The SMILES string of the molecule is CCCC(=O)O[N]C1CCCCC1. The second kappa shape index (κ2) is 5.97. The molecule has 1 radical (unpaired) electrons. The molecule has 13 heavy (non-hydrogen) atoms. The lowest BCUT2D eigenvalue weighted by Crippen LogP contribution is -2.27. The van der Waals surface area contributed by atoms with E-state index in [1.54, 1.807) is 0 Å². The number of nitrogens with zero attached hydrogens (tertiary/aromatic N) is 1. The van der Waals surface area contributed by atoms with E-state index in [2.05, 4.69) is 5.48 Å². The van der Waals surface area contributed by atoms with E-state index in [9.17, 15) is 4.79 Å². The van der Waals surface area contributed by atoms with Crippen LogP contribution in [-0.4, -0.2) is 12.0 Å². The van der Waals surface area contributed by atoms with Gasteiger partial charge in [0.1, 0.15) is 0 Å². The van der Waals surface area contributed by atoms with Crippen molar-refractivity contribution in [1.29, 1.82) is 0 Å². The van der Waals surface area contributed by atoms with Gasteiger partial charge in [0.15, 0.2) is 0 Å². The van der Waals surface area contributed by atoms with Crippen molar-refractivity contribution in [2.75, 3.05) is 0 Å². The van der Waals surface area contributed by atoms with Gasteiger partial charge in [0, 0.05) is 6.42 Å². The molecule has 3 nitrogen and oxygen atoms in total. The van der Waals surface area contributed by atoms with Crippen LogP contribution in [0.3, 0.4) is 0 Å². The summed E-state index contributed by atoms with van der Waals surface area (Å²) in [5, 5.41) is 0. The Kier molecular flexibility index (Phi) is 4.83. The van der Waals surface area contributed by atoms with Crippen LogP contribution in [0, 0.1) is 0 Å². The lowest BCUT2D eigenvalue weighted by atomic mass is 9.96. The van der Waals surface area contributed by atoms with Crippen LogP contribution >= 0.6 is 0 Å². The van der Waals surface area contributed by atoms with Gasteiger partial charge in [-0.25, -0.2) is 0 Å². The summed E-state index contributed by atoms with van der Waals surface area (Å²) in [6.07, 6.45) is 7.22. The van der Waals surface area contributed by atoms with E-state index in [4.69, 9.17) is 4.84 Å². The minimum absolute atomic E-state index is 0.187. The van der Waals surface area contributed by atoms with Crippen LogP contribution in [0.25, 0.3) is 0 Å². The highest BCUT2D eigenvalue weighted by Crippen LogP contribution is 2.18. The Bertz CT molecular complexity index is 153. The van der Waals surface area contributed by atoms with Gasteiger partial charge in [-0.3, -0.25) is 4.79 Å². The van der Waals surface area contributed by atoms with Crippen molar-refractivity contribution < 1.29 is 9.63 Å². The summed E-state index contributed by atoms with van der Waals surface area (Å²) in [6, 6.07) is 0.273. The summed E-state index contributed by atoms with van der Waals surface area (Å²) in [5.41, 5.74) is 3.95. The molecule has 0 atom stereocenters. The first kappa shape index (κ1) is 10.5. The molecule has 0 saturated heterocycles. The highest BCUT2D eigenvalue weighted by atomic mass is 16.7. The van der Waals surface area contributed by atoms with E-state index in [0.717, 1.165) is 19.3 Å². The smallest absolute Gasteiger partial charge is 0.327 e. The Morgan fingerprint density at radius 2 is 2.08 bits per heavy atom. The Hall–Kier alpha value is -0.570. The third-order valence-corrected chi connectivity index (χ3v) is 2.33. The standard InChI is InChI=1S/C10H18NO2/c1-2-6-10(12)13-11-9-7-4-3-5-8-9/h9H,2-8H2,1H3. The molecule has 0 aromatic heterocycles. The maximum absolute atomic E-state index is 11.0. The molecule has 0 unspecified atom stereocenters. The van der Waals surface area contributed by atoms with Crippen molar-refractivity contribution in [1.82, 2.24) is 5.48 Å². The molecule has 1 aliphatic carbocycles. The molecule has 75 valence electrons. The van der Waals surface area contributed by atoms with E-state index in [0.29, 0.717) is 6.42 Å². The Morgan fingerprint density at radius 3 is 2.69 bits per heavy atom. The molecular weight excluding hydrogens is 166 g/mol. The average molecular weight is 184 g/mol. The van der Waals surface area contributed by atoms with Crippen LogP contribution in [0.15, 0.2) is 0 Å². The Labute approximate surface area is 79.8 Å². The first-order valence-electron chi connectivity index (χ1n) is 5.23. The van der Waals surface area contributed by atoms with E-state index < -0.39 is 0 Å². The number of carbonyl (C=O) groups is 1. The normalized spacial score (nSPS) is 18.5. The Balaban J connectivity index is 2.06. The fraction of sp³-hybridized carbons (Fsp3) is 0.900. The van der Waals surface area contributed by atoms with E-state index in [1.807, 2.05) is 6.92 Å². The number of carbonyl (C=O) groups excluding carboxylic acids is 1. The molecule has 0 heterocycles. The highest BCUT2D eigenvalue weighted by molar-refractivity contribution is 5.68. The molecule has 0 amide bonds. The summed E-state index contributed by atoms with van der Waals surface area (Å²) >= 11 is 0. The van der Waals surface area contributed by atoms with Crippen molar-refractivity contribution in [3.8, 4) is 0 Å². The molecule has 0 N–H and O–H groups in total. The van der Waals surface area contributed by atoms with Crippen LogP contribution in [0.5, 0.6) is 0 Å². The zero-order valence-electron chi connectivity index (χ0n) is 8.29. The number of hydrogen-bond donors (Lipinski definition) is 0. The summed E-state index contributed by atoms with van der Waals surface area (Å²) < 4.78 is 0. The monoisotopic (exact) mass is 184 g/mol. The van der Waals surface area contributed by atoms with Crippen molar-refractivity contribution in [2.45, 2.75) is 57.9 Å². The minimum Gasteiger partial charge on any atom is -0.350 e. The molecule has 0 bridgehead atoms. The van der Waals surface area contributed by atoms with E-state index in [-0.39, 0.29) is 12.0 Å². The van der Waals surface area contributed by atoms with Gasteiger partial charge in [0.2, 0.25) is 0 Å². The van der Waals surface area contributed by atoms with Gasteiger partial charge >= 0.3 is 5.97 Å². The second-order valence-corrected chi connectivity index (χ2v) is 3.61. The molecule has 1 rings (SSSR count). The summed E-state index contributed by atoms with van der Waals surface area (Å²) in [7, 11) is 0. The number of rotatable bonds is 4. The van der Waals surface area contributed by atoms with Crippen molar-refractivity contribution >= 4 is 5.97 Å². The molecule has 1 aliphatic rings. The maximum atomic E-state index is 11.0. The largest absolute Gasteiger partial charge is 0.350 e. The van der Waals surface area contributed by atoms with Gasteiger partial charge in [-0.15, -0.1) is 0 Å². The maximum Gasteiger partial charge on any atom is 0.327 e. The average Bonchev–Trinajstić information content (AvgIpc) is 2.17. The van der Waals surface area contributed by atoms with Gasteiger partial charge in [-0.2, -0.15) is 0 Å². The summed E-state index contributed by atoms with van der Waals surface area (Å²) in [5.74, 6) is -0.187. The second-order valence-electron chi connectivity index (χ2n) is 3.61. The van der Waals surface area contributed by atoms with Crippen molar-refractivity contribution in [3.63, 3.8) is 0 Å². The Morgan fingerprint density at radius 1 is 1.38 bits per heavy atom. The van der Waals surface area contributed by atoms with Crippen LogP contribution < -0.4 is 5.48 Å². The predicted molar refractivity (Wildman–Crippen MR) is 50.0 cm³/mol. The molecule has 1 saturated carbocycles. The molecule has 0 aliphatic heterocycles. The summed E-state index contributed by atoms with van der Waals surface area (Å²) in [4.78, 5) is 15.8. The fourth-order valence-corrected chi connectivity index (χ4v) is 1.57. The van der Waals surface area contributed by atoms with Gasteiger partial charge in [-0.05, 0) is 24.7 Å². The van der Waals surface area contributed by atoms with Gasteiger partial charge in [-0.1, -0.05) is 26.2 Å². The first-order valence-corrected chi connectivity index (χ1v) is 5.23. The lowest BCUT2D eigenvalue weighted by Gasteiger charge is -2.19. The van der Waals surface area contributed by atoms with Crippen molar-refractivity contribution in [3.05, 3.63) is 0 Å². The number of hydrogen-bond acceptors (Lipinski definition) is 2. The number of hydroxylamine groups is 1. The van der Waals surface area contributed by atoms with Crippen LogP contribution in [-0.2, 0) is 9.63 Å². The third kappa shape index (κ3) is 4.27. The first-order chi connectivity index (χ1) is 6.33. The van der Waals surface area contributed by atoms with E-state index >= 15 is 0 Å². The zero-order valence-corrected chi connectivity index (χ0v) is 8.29. The van der Waals surface area contributed by atoms with Crippen LogP contribution in [0.1, 0.15) is 51.9 Å². The molecule has 0 aromatic carbocycles. The zero-order chi connectivity index (χ0) is 9.52. The quantitative estimate of drug-likeness (QED) is 0.628. The van der Waals surface area contributed by atoms with Crippen LogP contribution in [0.4, 0.5) is 0 Å². The summed E-state index contributed by atoms with van der Waals surface area (Å²) in [6.45, 7) is 1.96. The third-order valence-electron chi connectivity index (χ3n) is 2.33. The fourth-order valence-electron chi connectivity index (χ4n) is 1.57. The molecule has 0 spiro atoms. The topological polar surface area (TPSA) is 40.4 Å². The predicted octanol–water partition coefficient (Wildman–Crippen LogP) is 2.18. The molecule has 0 aromatic rings. The van der Waals surface area contributed by atoms with Crippen molar-refractivity contribution in [2.24, 2.45) is 0 Å². The van der Waals surface area contributed by atoms with Crippen LogP contribution in [0.2, 0.25) is 0 Å². The lowest BCUT2D eigenvalue weighted by molar-refractivity contribution is -0.154. The van der Waals surface area contributed by atoms with Gasteiger partial charge in [0.05, 0.1) is 6.04 Å². The highest BCUT2D eigenvalue weighted by Gasteiger charge is 2.16. The van der Waals surface area contributed by atoms with E-state index in [1.165, 1.54) is 19.3 Å². The van der Waals surface area contributed by atoms with Gasteiger partial charge in [0.25, 0.3) is 0 Å². The molecule has 3 heteroatoms.